The highest BCUT2D eigenvalue weighted by atomic mass is 14.0. The molecule has 0 fully saturated rings. The molecule has 0 bridgehead atoms. The molecule has 1 aliphatic carbocycles. The molecular formula is C10H14. The Morgan fingerprint density at radius 2 is 2.10 bits per heavy atom. The number of rotatable bonds is 0. The van der Waals surface area contributed by atoms with Crippen molar-refractivity contribution in [3.63, 3.8) is 0 Å². The van der Waals surface area contributed by atoms with Gasteiger partial charge in [0.05, 0.1) is 0 Å². The second kappa shape index (κ2) is 3.43. The molecule has 2 atom stereocenters. The van der Waals surface area contributed by atoms with Crippen molar-refractivity contribution in [2.24, 2.45) is 11.8 Å². The lowest BCUT2D eigenvalue weighted by Gasteiger charge is -2.03. The van der Waals surface area contributed by atoms with Gasteiger partial charge in [-0.15, -0.1) is 5.73 Å². The average Bonchev–Trinajstić information content (AvgIpc) is 1.84. The van der Waals surface area contributed by atoms with Crippen molar-refractivity contribution < 1.29 is 0 Å². The van der Waals surface area contributed by atoms with E-state index in [1.165, 1.54) is 0 Å². The summed E-state index contributed by atoms with van der Waals surface area (Å²) in [6, 6.07) is 0. The summed E-state index contributed by atoms with van der Waals surface area (Å²) in [5.41, 5.74) is 3.19. The van der Waals surface area contributed by atoms with Gasteiger partial charge in [-0.2, -0.15) is 0 Å². The Morgan fingerprint density at radius 1 is 1.30 bits per heavy atom. The van der Waals surface area contributed by atoms with E-state index < -0.39 is 0 Å². The van der Waals surface area contributed by atoms with Crippen LogP contribution in [0.3, 0.4) is 0 Å². The van der Waals surface area contributed by atoms with Gasteiger partial charge in [0.15, 0.2) is 0 Å². The summed E-state index contributed by atoms with van der Waals surface area (Å²) >= 11 is 0. The predicted octanol–water partition coefficient (Wildman–Crippen LogP) is 2.93. The lowest BCUT2D eigenvalue weighted by molar-refractivity contribution is 0.734. The minimum atomic E-state index is 0.559. The van der Waals surface area contributed by atoms with Crippen molar-refractivity contribution in [2.45, 2.75) is 20.3 Å². The predicted molar refractivity (Wildman–Crippen MR) is 44.7 cm³/mol. The fraction of sp³-hybridized carbons (Fsp3) is 0.500. The molecule has 0 aromatic heterocycles. The highest BCUT2D eigenvalue weighted by Crippen LogP contribution is 2.09. The Bertz CT molecular complexity index is 180. The first-order valence-electron chi connectivity index (χ1n) is 3.88. The highest BCUT2D eigenvalue weighted by molar-refractivity contribution is 5.03. The van der Waals surface area contributed by atoms with E-state index in [4.69, 9.17) is 0 Å². The minimum absolute atomic E-state index is 0.559. The van der Waals surface area contributed by atoms with Gasteiger partial charge in [0, 0.05) is 0 Å². The molecule has 0 aliphatic heterocycles. The summed E-state index contributed by atoms with van der Waals surface area (Å²) in [6.45, 7) is 4.38. The molecular weight excluding hydrogens is 120 g/mol. The van der Waals surface area contributed by atoms with E-state index in [2.05, 4.69) is 43.9 Å². The fourth-order valence-corrected chi connectivity index (χ4v) is 1.00. The van der Waals surface area contributed by atoms with Crippen LogP contribution < -0.4 is 0 Å². The molecule has 0 amide bonds. The summed E-state index contributed by atoms with van der Waals surface area (Å²) in [4.78, 5) is 0. The zero-order valence-corrected chi connectivity index (χ0v) is 6.67. The van der Waals surface area contributed by atoms with Crippen LogP contribution in [0.25, 0.3) is 0 Å². The van der Waals surface area contributed by atoms with Crippen molar-refractivity contribution in [3.05, 3.63) is 30.0 Å². The number of hydrogen-bond acceptors (Lipinski definition) is 0. The largest absolute Gasteiger partial charge is 0.129 e. The highest BCUT2D eigenvalue weighted by Gasteiger charge is 1.95. The first kappa shape index (κ1) is 7.37. The van der Waals surface area contributed by atoms with Gasteiger partial charge in [0.1, 0.15) is 0 Å². The van der Waals surface area contributed by atoms with Crippen LogP contribution in [0, 0.1) is 11.8 Å². The van der Waals surface area contributed by atoms with Crippen LogP contribution in [0.4, 0.5) is 0 Å². The van der Waals surface area contributed by atoms with Crippen molar-refractivity contribution in [2.75, 3.05) is 0 Å². The first-order chi connectivity index (χ1) is 4.79. The van der Waals surface area contributed by atoms with E-state index in [0.717, 1.165) is 6.42 Å². The Labute approximate surface area is 62.9 Å². The maximum Gasteiger partial charge on any atom is -0.000604 e. The molecule has 54 valence electrons. The molecule has 1 aliphatic rings. The van der Waals surface area contributed by atoms with Crippen LogP contribution in [0.5, 0.6) is 0 Å². The van der Waals surface area contributed by atoms with Gasteiger partial charge < -0.3 is 0 Å². The third kappa shape index (κ3) is 2.24. The molecule has 0 heteroatoms. The Balaban J connectivity index is 2.70. The lowest BCUT2D eigenvalue weighted by Crippen LogP contribution is -1.89. The van der Waals surface area contributed by atoms with Gasteiger partial charge in [-0.3, -0.25) is 0 Å². The van der Waals surface area contributed by atoms with E-state index in [9.17, 15) is 0 Å². The Hall–Kier alpha value is -0.740. The van der Waals surface area contributed by atoms with E-state index >= 15 is 0 Å². The van der Waals surface area contributed by atoms with Crippen LogP contribution in [0.15, 0.2) is 30.0 Å². The van der Waals surface area contributed by atoms with E-state index in [-0.39, 0.29) is 0 Å². The zero-order chi connectivity index (χ0) is 7.40. The van der Waals surface area contributed by atoms with Gasteiger partial charge in [0.25, 0.3) is 0 Å². The lowest BCUT2D eigenvalue weighted by atomic mass is 10.0. The summed E-state index contributed by atoms with van der Waals surface area (Å²) < 4.78 is 0. The monoisotopic (exact) mass is 134 g/mol. The van der Waals surface area contributed by atoms with Crippen LogP contribution in [-0.2, 0) is 0 Å². The molecule has 0 heterocycles. The standard InChI is InChI=1S/C10H14/c1-9-5-3-7-10(2)8-4-6-9/h3,5-6,8-10H,7H2,1-2H3. The third-order valence-electron chi connectivity index (χ3n) is 1.69. The van der Waals surface area contributed by atoms with Crippen LogP contribution in [-0.4, -0.2) is 0 Å². The normalized spacial score (nSPS) is 31.8. The molecule has 0 saturated carbocycles. The molecule has 1 rings (SSSR count). The van der Waals surface area contributed by atoms with Crippen LogP contribution in [0.2, 0.25) is 0 Å². The zero-order valence-electron chi connectivity index (χ0n) is 6.67. The summed E-state index contributed by atoms with van der Waals surface area (Å²) in [5.74, 6) is 1.21. The smallest absolute Gasteiger partial charge is 0.000604 e. The number of allylic oxidation sites excluding steroid dienone is 3. The second-order valence-electron chi connectivity index (χ2n) is 3.00. The third-order valence-corrected chi connectivity index (χ3v) is 1.69. The number of hydrogen-bond donors (Lipinski definition) is 0. The summed E-state index contributed by atoms with van der Waals surface area (Å²) in [5, 5.41) is 0. The van der Waals surface area contributed by atoms with E-state index in [1.54, 1.807) is 0 Å². The van der Waals surface area contributed by atoms with Crippen molar-refractivity contribution in [3.8, 4) is 0 Å². The average molecular weight is 134 g/mol. The second-order valence-corrected chi connectivity index (χ2v) is 3.00. The van der Waals surface area contributed by atoms with Gasteiger partial charge >= 0.3 is 0 Å². The molecule has 0 aromatic rings. The van der Waals surface area contributed by atoms with Crippen molar-refractivity contribution >= 4 is 0 Å². The molecule has 0 spiro atoms. The van der Waals surface area contributed by atoms with Gasteiger partial charge in [-0.25, -0.2) is 0 Å². The first-order valence-corrected chi connectivity index (χ1v) is 3.88. The van der Waals surface area contributed by atoms with Gasteiger partial charge in [-0.1, -0.05) is 26.0 Å². The van der Waals surface area contributed by atoms with Crippen molar-refractivity contribution in [1.82, 2.24) is 0 Å². The van der Waals surface area contributed by atoms with E-state index in [1.807, 2.05) is 0 Å². The molecule has 0 radical (unpaired) electrons. The molecule has 2 unspecified atom stereocenters. The molecule has 0 saturated heterocycles. The maximum atomic E-state index is 3.19. The summed E-state index contributed by atoms with van der Waals surface area (Å²) in [7, 11) is 0. The molecule has 0 aromatic carbocycles. The SMILES string of the molecule is CC1C=C=CC(C)CC=C1. The van der Waals surface area contributed by atoms with Crippen molar-refractivity contribution in [1.29, 1.82) is 0 Å². The van der Waals surface area contributed by atoms with Gasteiger partial charge in [-0.05, 0) is 30.4 Å². The molecule has 0 nitrogen and oxygen atoms in total. The maximum absolute atomic E-state index is 3.19. The minimum Gasteiger partial charge on any atom is -0.129 e. The topological polar surface area (TPSA) is 0 Å². The molecule has 0 N–H and O–H groups in total. The summed E-state index contributed by atoms with van der Waals surface area (Å²) in [6.07, 6.45) is 9.89. The fourth-order valence-electron chi connectivity index (χ4n) is 1.00. The van der Waals surface area contributed by atoms with Crippen LogP contribution in [0.1, 0.15) is 20.3 Å². The van der Waals surface area contributed by atoms with E-state index in [0.29, 0.717) is 11.8 Å². The van der Waals surface area contributed by atoms with Gasteiger partial charge in [0.2, 0.25) is 0 Å². The molecule has 10 heavy (non-hydrogen) atoms. The quantitative estimate of drug-likeness (QED) is 0.353. The Morgan fingerprint density at radius 3 is 2.90 bits per heavy atom. The van der Waals surface area contributed by atoms with Crippen LogP contribution >= 0.6 is 0 Å². The Kier molecular flexibility index (Phi) is 2.53.